The van der Waals surface area contributed by atoms with Crippen molar-refractivity contribution in [3.05, 3.63) is 51.7 Å². The number of rotatable bonds is 5. The first kappa shape index (κ1) is 14.1. The normalized spacial score (nSPS) is 18.4. The zero-order valence-electron chi connectivity index (χ0n) is 11.6. The van der Waals surface area contributed by atoms with E-state index in [0.717, 1.165) is 23.4 Å². The van der Waals surface area contributed by atoms with Crippen molar-refractivity contribution in [1.82, 2.24) is 5.32 Å². The Balaban J connectivity index is 1.80. The van der Waals surface area contributed by atoms with Crippen LogP contribution in [0.4, 0.5) is 5.69 Å². The van der Waals surface area contributed by atoms with E-state index >= 15 is 0 Å². The maximum absolute atomic E-state index is 11.1. The number of carboxylic acid groups (broad SMARTS) is 1. The summed E-state index contributed by atoms with van der Waals surface area (Å²) in [5.41, 5.74) is 9.13. The molecular weight excluding hydrogens is 284 g/mol. The van der Waals surface area contributed by atoms with Crippen molar-refractivity contribution in [2.24, 2.45) is 0 Å². The van der Waals surface area contributed by atoms with E-state index < -0.39 is 5.97 Å². The van der Waals surface area contributed by atoms with E-state index in [4.69, 9.17) is 10.8 Å². The Morgan fingerprint density at radius 1 is 1.48 bits per heavy atom. The molecule has 5 heteroatoms. The molecule has 1 aliphatic rings. The van der Waals surface area contributed by atoms with Crippen LogP contribution >= 0.6 is 11.3 Å². The summed E-state index contributed by atoms with van der Waals surface area (Å²) in [7, 11) is 0. The van der Waals surface area contributed by atoms with Gasteiger partial charge in [-0.3, -0.25) is 4.79 Å². The summed E-state index contributed by atoms with van der Waals surface area (Å²) < 4.78 is 0. The molecule has 0 saturated heterocycles. The number of nitrogen functional groups attached to an aromatic ring is 1. The van der Waals surface area contributed by atoms with E-state index in [0.29, 0.717) is 0 Å². The second-order valence-corrected chi connectivity index (χ2v) is 6.36. The number of carbonyl (C=O) groups is 1. The van der Waals surface area contributed by atoms with Crippen LogP contribution in [-0.2, 0) is 11.2 Å². The van der Waals surface area contributed by atoms with Crippen molar-refractivity contribution >= 4 is 23.0 Å². The standard InChI is InChI=1S/C16H18N2O2S/c17-11-4-5-12-10(8-11)3-6-13(12)18-14(9-16(19)20)15-2-1-7-21-15/h1-2,4-5,7-8,13-14,18H,3,6,9,17H2,(H,19,20). The van der Waals surface area contributed by atoms with Gasteiger partial charge >= 0.3 is 5.97 Å². The van der Waals surface area contributed by atoms with E-state index in [1.54, 1.807) is 11.3 Å². The molecule has 0 bridgehead atoms. The van der Waals surface area contributed by atoms with Crippen molar-refractivity contribution < 1.29 is 9.90 Å². The molecule has 0 fully saturated rings. The van der Waals surface area contributed by atoms with Gasteiger partial charge in [0.2, 0.25) is 0 Å². The van der Waals surface area contributed by atoms with Gasteiger partial charge in [0.15, 0.2) is 0 Å². The minimum absolute atomic E-state index is 0.0985. The minimum atomic E-state index is -0.781. The average molecular weight is 302 g/mol. The Labute approximate surface area is 127 Å². The summed E-state index contributed by atoms with van der Waals surface area (Å²) in [5.74, 6) is -0.781. The third kappa shape index (κ3) is 3.09. The van der Waals surface area contributed by atoms with Gasteiger partial charge in [-0.25, -0.2) is 0 Å². The molecule has 1 heterocycles. The number of benzene rings is 1. The highest BCUT2D eigenvalue weighted by atomic mass is 32.1. The van der Waals surface area contributed by atoms with Gasteiger partial charge in [0.25, 0.3) is 0 Å². The van der Waals surface area contributed by atoms with Crippen LogP contribution in [0, 0.1) is 0 Å². The first-order chi connectivity index (χ1) is 10.1. The number of nitrogens with two attached hydrogens (primary N) is 1. The molecule has 1 aliphatic carbocycles. The van der Waals surface area contributed by atoms with Gasteiger partial charge < -0.3 is 16.2 Å². The third-order valence-corrected chi connectivity index (χ3v) is 4.90. The molecule has 1 aromatic heterocycles. The highest BCUT2D eigenvalue weighted by Crippen LogP contribution is 2.35. The predicted molar refractivity (Wildman–Crippen MR) is 84.4 cm³/mol. The molecule has 110 valence electrons. The molecule has 0 saturated carbocycles. The number of fused-ring (bicyclic) bond motifs is 1. The average Bonchev–Trinajstić information content (AvgIpc) is 3.07. The predicted octanol–water partition coefficient (Wildman–Crippen LogP) is 3.12. The second kappa shape index (κ2) is 5.87. The molecule has 1 aromatic carbocycles. The highest BCUT2D eigenvalue weighted by Gasteiger charge is 2.26. The summed E-state index contributed by atoms with van der Waals surface area (Å²) in [6, 6.07) is 10.00. The molecule has 4 nitrogen and oxygen atoms in total. The lowest BCUT2D eigenvalue weighted by Crippen LogP contribution is -2.26. The topological polar surface area (TPSA) is 75.3 Å². The van der Waals surface area contributed by atoms with Crippen molar-refractivity contribution in [1.29, 1.82) is 0 Å². The third-order valence-electron chi connectivity index (χ3n) is 3.91. The quantitative estimate of drug-likeness (QED) is 0.742. The number of nitrogens with one attached hydrogen (secondary N) is 1. The Hall–Kier alpha value is -1.85. The van der Waals surface area contributed by atoms with Gasteiger partial charge in [-0.1, -0.05) is 12.1 Å². The van der Waals surface area contributed by atoms with Crippen molar-refractivity contribution in [3.8, 4) is 0 Å². The van der Waals surface area contributed by atoms with Gasteiger partial charge in [-0.2, -0.15) is 0 Å². The van der Waals surface area contributed by atoms with E-state index in [-0.39, 0.29) is 18.5 Å². The number of carboxylic acids is 1. The highest BCUT2D eigenvalue weighted by molar-refractivity contribution is 7.10. The Bertz CT molecular complexity index is 640. The molecule has 2 atom stereocenters. The summed E-state index contributed by atoms with van der Waals surface area (Å²) in [6.07, 6.45) is 2.07. The molecule has 2 aromatic rings. The summed E-state index contributed by atoms with van der Waals surface area (Å²) in [6.45, 7) is 0. The first-order valence-electron chi connectivity index (χ1n) is 7.03. The van der Waals surface area contributed by atoms with Crippen LogP contribution in [0.25, 0.3) is 0 Å². The lowest BCUT2D eigenvalue weighted by molar-refractivity contribution is -0.137. The number of hydrogen-bond donors (Lipinski definition) is 3. The smallest absolute Gasteiger partial charge is 0.305 e. The molecule has 0 spiro atoms. The minimum Gasteiger partial charge on any atom is -0.481 e. The van der Waals surface area contributed by atoms with Crippen LogP contribution in [0.1, 0.15) is 40.9 Å². The summed E-state index contributed by atoms with van der Waals surface area (Å²) in [5, 5.41) is 14.6. The van der Waals surface area contributed by atoms with Crippen molar-refractivity contribution in [3.63, 3.8) is 0 Å². The fraction of sp³-hybridized carbons (Fsp3) is 0.312. The number of hydrogen-bond acceptors (Lipinski definition) is 4. The van der Waals surface area contributed by atoms with E-state index in [2.05, 4.69) is 11.4 Å². The van der Waals surface area contributed by atoms with E-state index in [9.17, 15) is 4.79 Å². The van der Waals surface area contributed by atoms with Gasteiger partial charge in [0.05, 0.1) is 12.5 Å². The fourth-order valence-electron chi connectivity index (χ4n) is 2.96. The molecule has 3 rings (SSSR count). The van der Waals surface area contributed by atoms with E-state index in [1.807, 2.05) is 29.6 Å². The maximum atomic E-state index is 11.1. The largest absolute Gasteiger partial charge is 0.481 e. The number of aryl methyl sites for hydroxylation is 1. The molecule has 4 N–H and O–H groups in total. The zero-order chi connectivity index (χ0) is 14.8. The van der Waals surface area contributed by atoms with Gasteiger partial charge in [-0.05, 0) is 47.5 Å². The summed E-state index contributed by atoms with van der Waals surface area (Å²) >= 11 is 1.59. The van der Waals surface area contributed by atoms with Gasteiger partial charge in [0.1, 0.15) is 0 Å². The first-order valence-corrected chi connectivity index (χ1v) is 7.91. The lowest BCUT2D eigenvalue weighted by atomic mass is 10.0. The van der Waals surface area contributed by atoms with Gasteiger partial charge in [0, 0.05) is 16.6 Å². The molecule has 21 heavy (non-hydrogen) atoms. The van der Waals surface area contributed by atoms with Crippen molar-refractivity contribution in [2.75, 3.05) is 5.73 Å². The van der Waals surface area contributed by atoms with Crippen LogP contribution in [-0.4, -0.2) is 11.1 Å². The zero-order valence-corrected chi connectivity index (χ0v) is 12.4. The lowest BCUT2D eigenvalue weighted by Gasteiger charge is -2.21. The van der Waals surface area contributed by atoms with Crippen LogP contribution in [0.3, 0.4) is 0 Å². The van der Waals surface area contributed by atoms with Crippen LogP contribution < -0.4 is 11.1 Å². The Morgan fingerprint density at radius 2 is 2.33 bits per heavy atom. The monoisotopic (exact) mass is 302 g/mol. The Kier molecular flexibility index (Phi) is 3.94. The van der Waals surface area contributed by atoms with Crippen LogP contribution in [0.5, 0.6) is 0 Å². The maximum Gasteiger partial charge on any atom is 0.305 e. The molecular formula is C16H18N2O2S. The van der Waals surface area contributed by atoms with Crippen molar-refractivity contribution in [2.45, 2.75) is 31.3 Å². The van der Waals surface area contributed by atoms with Gasteiger partial charge in [-0.15, -0.1) is 11.3 Å². The van der Waals surface area contributed by atoms with E-state index in [1.165, 1.54) is 11.1 Å². The molecule has 0 aliphatic heterocycles. The number of anilines is 1. The summed E-state index contributed by atoms with van der Waals surface area (Å²) in [4.78, 5) is 12.2. The number of aliphatic carboxylic acids is 1. The molecule has 0 amide bonds. The fourth-order valence-corrected chi connectivity index (χ4v) is 3.75. The Morgan fingerprint density at radius 3 is 3.05 bits per heavy atom. The van der Waals surface area contributed by atoms with Crippen LogP contribution in [0.2, 0.25) is 0 Å². The number of thiophene rings is 1. The molecule has 0 radical (unpaired) electrons. The molecule has 2 unspecified atom stereocenters. The SMILES string of the molecule is Nc1ccc2c(c1)CCC2NC(CC(=O)O)c1cccs1. The van der Waals surface area contributed by atoms with Crippen LogP contribution in [0.15, 0.2) is 35.7 Å². The second-order valence-electron chi connectivity index (χ2n) is 5.38.